The van der Waals surface area contributed by atoms with E-state index in [9.17, 15) is 18.0 Å². The molecular weight excluding hydrogens is 494 g/mol. The lowest BCUT2D eigenvalue weighted by molar-refractivity contribution is -0.139. The van der Waals surface area contributed by atoms with Crippen LogP contribution in [0.25, 0.3) is 0 Å². The first-order valence-corrected chi connectivity index (χ1v) is 14.6. The van der Waals surface area contributed by atoms with Gasteiger partial charge in [0.1, 0.15) is 25.8 Å². The third-order valence-corrected chi connectivity index (χ3v) is 7.95. The summed E-state index contributed by atoms with van der Waals surface area (Å²) < 4.78 is 37.8. The first-order chi connectivity index (χ1) is 17.7. The van der Waals surface area contributed by atoms with Gasteiger partial charge in [-0.15, -0.1) is 0 Å². The summed E-state index contributed by atoms with van der Waals surface area (Å²) in [6.07, 6.45) is 6.23. The van der Waals surface area contributed by atoms with Crippen LogP contribution in [0.3, 0.4) is 0 Å². The molecule has 0 saturated heterocycles. The Bertz CT molecular complexity index is 1200. The fraction of sp³-hybridized carbons (Fsp3) is 0.481. The van der Waals surface area contributed by atoms with Crippen molar-refractivity contribution in [3.63, 3.8) is 0 Å². The molecule has 1 aliphatic heterocycles. The molecule has 1 aliphatic carbocycles. The van der Waals surface area contributed by atoms with Crippen LogP contribution in [-0.4, -0.2) is 63.2 Å². The molecule has 9 nitrogen and oxygen atoms in total. The van der Waals surface area contributed by atoms with E-state index < -0.39 is 28.5 Å². The molecule has 2 aromatic carbocycles. The normalized spacial score (nSPS) is 16.5. The first kappa shape index (κ1) is 26.8. The molecule has 4 rings (SSSR count). The molecule has 1 heterocycles. The van der Waals surface area contributed by atoms with Crippen LogP contribution in [0.15, 0.2) is 48.5 Å². The van der Waals surface area contributed by atoms with Crippen LogP contribution in [0.4, 0.5) is 5.69 Å². The Morgan fingerprint density at radius 3 is 2.35 bits per heavy atom. The number of nitrogens with one attached hydrogen (secondary N) is 1. The van der Waals surface area contributed by atoms with Gasteiger partial charge in [0, 0.05) is 18.7 Å². The van der Waals surface area contributed by atoms with E-state index in [0.29, 0.717) is 30.4 Å². The average Bonchev–Trinajstić information content (AvgIpc) is 2.90. The number of benzene rings is 2. The van der Waals surface area contributed by atoms with E-state index in [2.05, 4.69) is 5.32 Å². The minimum atomic E-state index is -3.83. The van der Waals surface area contributed by atoms with Gasteiger partial charge in [-0.2, -0.15) is 0 Å². The molecule has 2 aromatic rings. The molecule has 1 unspecified atom stereocenters. The zero-order valence-electron chi connectivity index (χ0n) is 21.4. The van der Waals surface area contributed by atoms with Crippen LogP contribution >= 0.6 is 0 Å². The Hall–Kier alpha value is -3.27. The quantitative estimate of drug-likeness (QED) is 0.535. The van der Waals surface area contributed by atoms with E-state index in [0.717, 1.165) is 41.8 Å². The molecule has 2 aliphatic rings. The van der Waals surface area contributed by atoms with Gasteiger partial charge in [-0.05, 0) is 37.5 Å². The summed E-state index contributed by atoms with van der Waals surface area (Å²) in [6.45, 7) is 2.18. The van der Waals surface area contributed by atoms with E-state index >= 15 is 0 Å². The van der Waals surface area contributed by atoms with Crippen LogP contribution in [0.5, 0.6) is 11.5 Å². The smallest absolute Gasteiger partial charge is 0.244 e. The number of sulfonamides is 1. The lowest BCUT2D eigenvalue weighted by Crippen LogP contribution is -2.52. The summed E-state index contributed by atoms with van der Waals surface area (Å²) in [7, 11) is -3.83. The number of nitrogens with zero attached hydrogens (tertiary/aromatic N) is 2. The van der Waals surface area contributed by atoms with E-state index in [1.165, 1.54) is 11.3 Å². The van der Waals surface area contributed by atoms with Gasteiger partial charge in [0.15, 0.2) is 11.5 Å². The van der Waals surface area contributed by atoms with E-state index in [1.54, 1.807) is 25.1 Å². The third kappa shape index (κ3) is 6.94. The summed E-state index contributed by atoms with van der Waals surface area (Å²) in [5.74, 6) is 0.233. The molecule has 10 heteroatoms. The van der Waals surface area contributed by atoms with Gasteiger partial charge in [0.25, 0.3) is 0 Å². The Morgan fingerprint density at radius 2 is 1.68 bits per heavy atom. The number of fused-ring (bicyclic) bond motifs is 1. The van der Waals surface area contributed by atoms with Gasteiger partial charge < -0.3 is 19.7 Å². The number of carbonyl (C=O) groups excluding carboxylic acids is 2. The zero-order chi connectivity index (χ0) is 26.4. The highest BCUT2D eigenvalue weighted by molar-refractivity contribution is 7.92. The maximum atomic E-state index is 13.7. The largest absolute Gasteiger partial charge is 0.486 e. The van der Waals surface area contributed by atoms with Gasteiger partial charge in [0.2, 0.25) is 21.8 Å². The topological polar surface area (TPSA) is 105 Å². The van der Waals surface area contributed by atoms with Crippen molar-refractivity contribution in [1.29, 1.82) is 0 Å². The Kier molecular flexibility index (Phi) is 8.58. The third-order valence-electron chi connectivity index (χ3n) is 6.81. The molecular formula is C27H35N3O6S. The van der Waals surface area contributed by atoms with Gasteiger partial charge in [-0.1, -0.05) is 49.6 Å². The van der Waals surface area contributed by atoms with Crippen molar-refractivity contribution in [2.24, 2.45) is 0 Å². The van der Waals surface area contributed by atoms with Crippen molar-refractivity contribution in [3.8, 4) is 11.5 Å². The summed E-state index contributed by atoms with van der Waals surface area (Å²) in [5, 5.41) is 3.09. The van der Waals surface area contributed by atoms with E-state index in [4.69, 9.17) is 9.47 Å². The van der Waals surface area contributed by atoms with Gasteiger partial charge in [0.05, 0.1) is 11.9 Å². The molecule has 37 heavy (non-hydrogen) atoms. The van der Waals surface area contributed by atoms with Crippen molar-refractivity contribution in [2.45, 2.75) is 57.7 Å². The summed E-state index contributed by atoms with van der Waals surface area (Å²) in [5.41, 5.74) is 1.14. The molecule has 0 radical (unpaired) electrons. The van der Waals surface area contributed by atoms with Crippen LogP contribution in [0, 0.1) is 0 Å². The predicted molar refractivity (Wildman–Crippen MR) is 141 cm³/mol. The number of rotatable bonds is 9. The average molecular weight is 530 g/mol. The molecule has 1 saturated carbocycles. The van der Waals surface area contributed by atoms with Crippen molar-refractivity contribution in [2.75, 3.05) is 30.3 Å². The van der Waals surface area contributed by atoms with E-state index in [1.807, 2.05) is 30.3 Å². The van der Waals surface area contributed by atoms with Gasteiger partial charge in [-0.25, -0.2) is 8.42 Å². The van der Waals surface area contributed by atoms with E-state index in [-0.39, 0.29) is 18.5 Å². The number of anilines is 1. The summed E-state index contributed by atoms with van der Waals surface area (Å²) in [4.78, 5) is 28.3. The van der Waals surface area contributed by atoms with Crippen molar-refractivity contribution >= 4 is 27.5 Å². The number of hydrogen-bond acceptors (Lipinski definition) is 6. The summed E-state index contributed by atoms with van der Waals surface area (Å²) >= 11 is 0. The molecule has 1 atom stereocenters. The Morgan fingerprint density at radius 1 is 1.00 bits per heavy atom. The van der Waals surface area contributed by atoms with Crippen molar-refractivity contribution in [1.82, 2.24) is 10.2 Å². The maximum Gasteiger partial charge on any atom is 0.244 e. The lowest BCUT2D eigenvalue weighted by Gasteiger charge is -2.33. The van der Waals surface area contributed by atoms with Crippen LogP contribution in [0.1, 0.15) is 44.6 Å². The minimum absolute atomic E-state index is 0.0996. The maximum absolute atomic E-state index is 13.7. The highest BCUT2D eigenvalue weighted by Crippen LogP contribution is 2.34. The molecule has 0 bridgehead atoms. The standard InChI is InChI=1S/C27H35N3O6S/c1-20(27(32)28-22-11-7-4-8-12-22)29(18-21-9-5-3-6-10-21)26(31)19-30(37(2,33)34)23-13-14-24-25(17-23)36-16-15-35-24/h3,5-6,9-10,13-14,17,20,22H,4,7-8,11-12,15-16,18-19H2,1-2H3,(H,28,32). The van der Waals surface area contributed by atoms with Crippen molar-refractivity contribution < 1.29 is 27.5 Å². The van der Waals surface area contributed by atoms with Gasteiger partial charge in [-0.3, -0.25) is 13.9 Å². The Balaban J connectivity index is 1.57. The second-order valence-corrected chi connectivity index (χ2v) is 11.5. The number of hydrogen-bond donors (Lipinski definition) is 1. The molecule has 0 aromatic heterocycles. The fourth-order valence-electron chi connectivity index (χ4n) is 4.73. The first-order valence-electron chi connectivity index (χ1n) is 12.7. The minimum Gasteiger partial charge on any atom is -0.486 e. The van der Waals surface area contributed by atoms with Crippen LogP contribution in [0.2, 0.25) is 0 Å². The molecule has 1 fully saturated rings. The predicted octanol–water partition coefficient (Wildman–Crippen LogP) is 3.09. The second-order valence-electron chi connectivity index (χ2n) is 9.62. The zero-order valence-corrected chi connectivity index (χ0v) is 22.2. The SMILES string of the molecule is CC(C(=O)NC1CCCCC1)N(Cc1ccccc1)C(=O)CN(c1ccc2c(c1)OCCO2)S(C)(=O)=O. The molecule has 2 amide bonds. The number of ether oxygens (including phenoxy) is 2. The van der Waals surface area contributed by atoms with Crippen molar-refractivity contribution in [3.05, 3.63) is 54.1 Å². The molecule has 1 N–H and O–H groups in total. The summed E-state index contributed by atoms with van der Waals surface area (Å²) in [6, 6.07) is 13.5. The van der Waals surface area contributed by atoms with Gasteiger partial charge >= 0.3 is 0 Å². The Labute approximate surface area is 218 Å². The lowest BCUT2D eigenvalue weighted by atomic mass is 9.95. The molecule has 0 spiro atoms. The second kappa shape index (κ2) is 11.9. The fourth-order valence-corrected chi connectivity index (χ4v) is 5.57. The van der Waals surface area contributed by atoms with Crippen LogP contribution in [-0.2, 0) is 26.2 Å². The number of carbonyl (C=O) groups is 2. The highest BCUT2D eigenvalue weighted by Gasteiger charge is 2.31. The monoisotopic (exact) mass is 529 g/mol. The highest BCUT2D eigenvalue weighted by atomic mass is 32.2. The van der Waals surface area contributed by atoms with Crippen LogP contribution < -0.4 is 19.1 Å². The number of amides is 2. The molecule has 200 valence electrons.